The average Bonchev–Trinajstić information content (AvgIpc) is 2.70. The Kier molecular flexibility index (Phi) is 4.47. The van der Waals surface area contributed by atoms with Gasteiger partial charge in [0, 0.05) is 23.9 Å². The van der Waals surface area contributed by atoms with Crippen molar-refractivity contribution < 1.29 is 4.74 Å². The molecule has 0 aromatic heterocycles. The Morgan fingerprint density at radius 3 is 3.24 bits per heavy atom. The summed E-state index contributed by atoms with van der Waals surface area (Å²) in [6, 6.07) is 6.17. The van der Waals surface area contributed by atoms with Crippen LogP contribution in [0.4, 0.5) is 0 Å². The number of rotatable bonds is 5. The van der Waals surface area contributed by atoms with Gasteiger partial charge in [0.25, 0.3) is 0 Å². The Balaban J connectivity index is 1.75. The van der Waals surface area contributed by atoms with Crippen LogP contribution in [0.1, 0.15) is 18.4 Å². The zero-order valence-electron chi connectivity index (χ0n) is 9.71. The molecular formula is C14H16BrNO. The Labute approximate surface area is 111 Å². The van der Waals surface area contributed by atoms with Gasteiger partial charge in [-0.2, -0.15) is 0 Å². The van der Waals surface area contributed by atoms with Crippen LogP contribution >= 0.6 is 15.9 Å². The largest absolute Gasteiger partial charge is 0.488 e. The fraction of sp³-hybridized carbons (Fsp3) is 0.429. The van der Waals surface area contributed by atoms with Gasteiger partial charge in [0.05, 0.1) is 0 Å². The summed E-state index contributed by atoms with van der Waals surface area (Å²) in [4.78, 5) is 0. The first-order chi connectivity index (χ1) is 8.29. The molecule has 0 bridgehead atoms. The Hall–Kier alpha value is -0.980. The number of unbranched alkanes of at least 4 members (excludes halogenated alkanes) is 1. The molecule has 90 valence electrons. The molecule has 0 radical (unpaired) electrons. The van der Waals surface area contributed by atoms with E-state index in [0.717, 1.165) is 42.6 Å². The molecule has 0 spiro atoms. The number of terminal acetylenes is 1. The highest BCUT2D eigenvalue weighted by molar-refractivity contribution is 9.10. The van der Waals surface area contributed by atoms with Crippen molar-refractivity contribution in [3.05, 3.63) is 28.2 Å². The Morgan fingerprint density at radius 1 is 1.53 bits per heavy atom. The molecule has 0 saturated carbocycles. The minimum absolute atomic E-state index is 0.255. The highest BCUT2D eigenvalue weighted by atomic mass is 79.9. The summed E-state index contributed by atoms with van der Waals surface area (Å²) in [5.74, 6) is 3.66. The quantitative estimate of drug-likeness (QED) is 0.666. The molecule has 1 aliphatic heterocycles. The maximum absolute atomic E-state index is 5.84. The van der Waals surface area contributed by atoms with Crippen molar-refractivity contribution >= 4 is 15.9 Å². The van der Waals surface area contributed by atoms with Gasteiger partial charge < -0.3 is 10.1 Å². The van der Waals surface area contributed by atoms with Crippen molar-refractivity contribution in [3.63, 3.8) is 0 Å². The number of nitrogens with one attached hydrogen (secondary N) is 1. The SMILES string of the molecule is C#CCCCNCC1Cc2cc(Br)ccc2O1. The van der Waals surface area contributed by atoms with Crippen LogP contribution in [0.3, 0.4) is 0 Å². The molecule has 0 amide bonds. The number of hydrogen-bond donors (Lipinski definition) is 1. The van der Waals surface area contributed by atoms with Crippen molar-refractivity contribution in [2.24, 2.45) is 0 Å². The molecule has 0 fully saturated rings. The summed E-state index contributed by atoms with van der Waals surface area (Å²) in [6.07, 6.45) is 8.30. The zero-order chi connectivity index (χ0) is 12.1. The third-order valence-electron chi connectivity index (χ3n) is 2.81. The second-order valence-corrected chi connectivity index (χ2v) is 5.12. The molecule has 1 N–H and O–H groups in total. The van der Waals surface area contributed by atoms with Crippen LogP contribution in [0.5, 0.6) is 5.75 Å². The normalized spacial score (nSPS) is 17.3. The van der Waals surface area contributed by atoms with E-state index in [0.29, 0.717) is 0 Å². The molecule has 17 heavy (non-hydrogen) atoms. The van der Waals surface area contributed by atoms with E-state index in [1.54, 1.807) is 0 Å². The molecule has 1 unspecified atom stereocenters. The number of ether oxygens (including phenoxy) is 1. The molecule has 1 atom stereocenters. The van der Waals surface area contributed by atoms with Gasteiger partial charge in [-0.15, -0.1) is 12.3 Å². The molecule has 1 aliphatic rings. The standard InChI is InChI=1S/C14H16BrNO/c1-2-3-4-7-16-10-13-9-11-8-12(15)5-6-14(11)17-13/h1,5-6,8,13,16H,3-4,7,9-10H2. The maximum Gasteiger partial charge on any atom is 0.123 e. The number of hydrogen-bond acceptors (Lipinski definition) is 2. The topological polar surface area (TPSA) is 21.3 Å². The van der Waals surface area contributed by atoms with Crippen LogP contribution in [0.2, 0.25) is 0 Å². The van der Waals surface area contributed by atoms with Crippen molar-refractivity contribution in [1.82, 2.24) is 5.32 Å². The van der Waals surface area contributed by atoms with Crippen LogP contribution in [0, 0.1) is 12.3 Å². The van der Waals surface area contributed by atoms with E-state index >= 15 is 0 Å². The van der Waals surface area contributed by atoms with Gasteiger partial charge in [0.1, 0.15) is 11.9 Å². The van der Waals surface area contributed by atoms with Gasteiger partial charge in [0.15, 0.2) is 0 Å². The van der Waals surface area contributed by atoms with Gasteiger partial charge in [-0.1, -0.05) is 15.9 Å². The van der Waals surface area contributed by atoms with E-state index in [1.807, 2.05) is 12.1 Å². The maximum atomic E-state index is 5.84. The number of halogens is 1. The third kappa shape index (κ3) is 3.49. The lowest BCUT2D eigenvalue weighted by atomic mass is 10.1. The van der Waals surface area contributed by atoms with Gasteiger partial charge >= 0.3 is 0 Å². The molecule has 3 heteroatoms. The van der Waals surface area contributed by atoms with Gasteiger partial charge in [-0.3, -0.25) is 0 Å². The van der Waals surface area contributed by atoms with Gasteiger partial charge in [-0.25, -0.2) is 0 Å². The first-order valence-corrected chi connectivity index (χ1v) is 6.68. The lowest BCUT2D eigenvalue weighted by Crippen LogP contribution is -2.30. The molecule has 2 nitrogen and oxygen atoms in total. The van der Waals surface area contributed by atoms with Crippen molar-refractivity contribution in [1.29, 1.82) is 0 Å². The predicted molar refractivity (Wildman–Crippen MR) is 73.2 cm³/mol. The first-order valence-electron chi connectivity index (χ1n) is 5.89. The fourth-order valence-corrected chi connectivity index (χ4v) is 2.39. The molecular weight excluding hydrogens is 278 g/mol. The molecule has 0 saturated heterocycles. The lowest BCUT2D eigenvalue weighted by molar-refractivity contribution is 0.228. The summed E-state index contributed by atoms with van der Waals surface area (Å²) in [6.45, 7) is 1.85. The monoisotopic (exact) mass is 293 g/mol. The fourth-order valence-electron chi connectivity index (χ4n) is 1.98. The summed E-state index contributed by atoms with van der Waals surface area (Å²) >= 11 is 3.48. The van der Waals surface area contributed by atoms with Crippen molar-refractivity contribution in [2.75, 3.05) is 13.1 Å². The third-order valence-corrected chi connectivity index (χ3v) is 3.30. The minimum atomic E-state index is 0.255. The van der Waals surface area contributed by atoms with Crippen LogP contribution in [0.25, 0.3) is 0 Å². The van der Waals surface area contributed by atoms with E-state index in [9.17, 15) is 0 Å². The molecule has 1 aromatic rings. The van der Waals surface area contributed by atoms with Gasteiger partial charge in [0.2, 0.25) is 0 Å². The predicted octanol–water partition coefficient (Wildman–Crippen LogP) is 2.76. The van der Waals surface area contributed by atoms with E-state index < -0.39 is 0 Å². The van der Waals surface area contributed by atoms with E-state index in [2.05, 4.69) is 33.2 Å². The van der Waals surface area contributed by atoms with Crippen molar-refractivity contribution in [3.8, 4) is 18.1 Å². The summed E-state index contributed by atoms with van der Waals surface area (Å²) in [5.41, 5.74) is 1.29. The molecule has 1 heterocycles. The van der Waals surface area contributed by atoms with Crippen molar-refractivity contribution in [2.45, 2.75) is 25.4 Å². The highest BCUT2D eigenvalue weighted by Gasteiger charge is 2.22. The minimum Gasteiger partial charge on any atom is -0.488 e. The number of fused-ring (bicyclic) bond motifs is 1. The molecule has 0 aliphatic carbocycles. The molecule has 2 rings (SSSR count). The second-order valence-electron chi connectivity index (χ2n) is 4.21. The first kappa shape index (κ1) is 12.5. The van der Waals surface area contributed by atoms with E-state index in [4.69, 9.17) is 11.2 Å². The average molecular weight is 294 g/mol. The van der Waals surface area contributed by atoms with Crippen LogP contribution in [0.15, 0.2) is 22.7 Å². The Morgan fingerprint density at radius 2 is 2.41 bits per heavy atom. The summed E-state index contributed by atoms with van der Waals surface area (Å²) in [5, 5.41) is 3.38. The lowest BCUT2D eigenvalue weighted by Gasteiger charge is -2.11. The van der Waals surface area contributed by atoms with Crippen LogP contribution in [-0.2, 0) is 6.42 Å². The number of benzene rings is 1. The smallest absolute Gasteiger partial charge is 0.123 e. The Bertz CT molecular complexity index is 425. The van der Waals surface area contributed by atoms with E-state index in [-0.39, 0.29) is 6.10 Å². The zero-order valence-corrected chi connectivity index (χ0v) is 11.3. The summed E-state index contributed by atoms with van der Waals surface area (Å²) in [7, 11) is 0. The summed E-state index contributed by atoms with van der Waals surface area (Å²) < 4.78 is 6.96. The van der Waals surface area contributed by atoms with E-state index in [1.165, 1.54) is 5.56 Å². The molecule has 1 aromatic carbocycles. The van der Waals surface area contributed by atoms with Crippen LogP contribution < -0.4 is 10.1 Å². The van der Waals surface area contributed by atoms with Crippen LogP contribution in [-0.4, -0.2) is 19.2 Å². The second kappa shape index (κ2) is 6.09. The highest BCUT2D eigenvalue weighted by Crippen LogP contribution is 2.30. The van der Waals surface area contributed by atoms with Gasteiger partial charge in [-0.05, 0) is 36.7 Å².